The molecule has 0 aliphatic rings. The molecule has 1 rings (SSSR count). The first kappa shape index (κ1) is 17.6. The molecule has 1 unspecified atom stereocenters. The number of hydrogen-bond donors (Lipinski definition) is 2. The molecule has 0 bridgehead atoms. The molecular weight excluding hydrogens is 294 g/mol. The molecule has 1 aromatic heterocycles. The summed E-state index contributed by atoms with van der Waals surface area (Å²) in [6.45, 7) is 6.09. The van der Waals surface area contributed by atoms with E-state index in [9.17, 15) is 8.42 Å². The van der Waals surface area contributed by atoms with Crippen molar-refractivity contribution in [1.82, 2.24) is 14.9 Å². The lowest BCUT2D eigenvalue weighted by molar-refractivity contribution is 0.256. The van der Waals surface area contributed by atoms with Crippen LogP contribution in [0, 0.1) is 0 Å². The standard InChI is InChI=1S/C13H25N3O2S2/c1-5-11(2)16(4)7-6-15-20(17,18)13-8-12(9-14-3)19-10-13/h8,10-11,14-15H,5-7,9H2,1-4H3. The van der Waals surface area contributed by atoms with Gasteiger partial charge in [0.2, 0.25) is 10.0 Å². The molecule has 0 amide bonds. The molecule has 0 aliphatic heterocycles. The van der Waals surface area contributed by atoms with Gasteiger partial charge in [0.05, 0.1) is 4.90 Å². The fourth-order valence-corrected chi connectivity index (χ4v) is 4.05. The lowest BCUT2D eigenvalue weighted by Crippen LogP contribution is -2.36. The Morgan fingerprint density at radius 3 is 2.75 bits per heavy atom. The number of thiophene rings is 1. The van der Waals surface area contributed by atoms with Crippen LogP contribution in [0.1, 0.15) is 25.1 Å². The van der Waals surface area contributed by atoms with Crippen molar-refractivity contribution in [2.75, 3.05) is 27.2 Å². The average molecular weight is 319 g/mol. The average Bonchev–Trinajstić information content (AvgIpc) is 2.87. The zero-order valence-corrected chi connectivity index (χ0v) is 14.3. The highest BCUT2D eigenvalue weighted by Crippen LogP contribution is 2.18. The van der Waals surface area contributed by atoms with Crippen molar-refractivity contribution in [3.05, 3.63) is 16.3 Å². The van der Waals surface area contributed by atoms with Crippen LogP contribution in [0.25, 0.3) is 0 Å². The number of likely N-dealkylation sites (N-methyl/N-ethyl adjacent to an activating group) is 1. The van der Waals surface area contributed by atoms with E-state index in [0.29, 0.717) is 30.6 Å². The van der Waals surface area contributed by atoms with Gasteiger partial charge in [0, 0.05) is 35.9 Å². The molecule has 0 saturated heterocycles. The van der Waals surface area contributed by atoms with E-state index in [1.807, 2.05) is 14.1 Å². The summed E-state index contributed by atoms with van der Waals surface area (Å²) >= 11 is 1.46. The summed E-state index contributed by atoms with van der Waals surface area (Å²) in [5.74, 6) is 0. The minimum atomic E-state index is -3.38. The van der Waals surface area contributed by atoms with Crippen molar-refractivity contribution in [2.45, 2.75) is 37.8 Å². The van der Waals surface area contributed by atoms with Crippen LogP contribution in [0.15, 0.2) is 16.3 Å². The Morgan fingerprint density at radius 2 is 2.15 bits per heavy atom. The fourth-order valence-electron chi connectivity index (χ4n) is 1.74. The Labute approximate surface area is 126 Å². The number of sulfonamides is 1. The number of hydrogen-bond acceptors (Lipinski definition) is 5. The van der Waals surface area contributed by atoms with Crippen LogP contribution in [-0.2, 0) is 16.6 Å². The minimum Gasteiger partial charge on any atom is -0.315 e. The molecule has 7 heteroatoms. The van der Waals surface area contributed by atoms with Gasteiger partial charge in [-0.1, -0.05) is 6.92 Å². The molecule has 5 nitrogen and oxygen atoms in total. The molecule has 0 radical (unpaired) electrons. The third kappa shape index (κ3) is 5.14. The molecule has 0 aromatic carbocycles. The van der Waals surface area contributed by atoms with E-state index in [2.05, 4.69) is 28.8 Å². The summed E-state index contributed by atoms with van der Waals surface area (Å²) in [5, 5.41) is 4.70. The van der Waals surface area contributed by atoms with Crippen LogP contribution in [0.5, 0.6) is 0 Å². The lowest BCUT2D eigenvalue weighted by atomic mass is 10.2. The van der Waals surface area contributed by atoms with E-state index >= 15 is 0 Å². The molecule has 0 saturated carbocycles. The highest BCUT2D eigenvalue weighted by atomic mass is 32.2. The summed E-state index contributed by atoms with van der Waals surface area (Å²) in [7, 11) is 0.476. The molecule has 116 valence electrons. The van der Waals surface area contributed by atoms with Crippen LogP contribution < -0.4 is 10.0 Å². The fraction of sp³-hybridized carbons (Fsp3) is 0.692. The first-order valence-electron chi connectivity index (χ1n) is 6.82. The van der Waals surface area contributed by atoms with E-state index in [0.717, 1.165) is 11.3 Å². The minimum absolute atomic E-state index is 0.360. The van der Waals surface area contributed by atoms with Gasteiger partial charge in [-0.15, -0.1) is 11.3 Å². The Balaban J connectivity index is 2.52. The van der Waals surface area contributed by atoms with Gasteiger partial charge in [-0.05, 0) is 33.5 Å². The summed E-state index contributed by atoms with van der Waals surface area (Å²) < 4.78 is 26.9. The van der Waals surface area contributed by atoms with E-state index in [4.69, 9.17) is 0 Å². The maximum absolute atomic E-state index is 12.1. The summed E-state index contributed by atoms with van der Waals surface area (Å²) in [6.07, 6.45) is 1.06. The van der Waals surface area contributed by atoms with Crippen LogP contribution in [-0.4, -0.2) is 46.5 Å². The molecule has 0 spiro atoms. The van der Waals surface area contributed by atoms with Crippen molar-refractivity contribution in [1.29, 1.82) is 0 Å². The van der Waals surface area contributed by atoms with Gasteiger partial charge >= 0.3 is 0 Å². The van der Waals surface area contributed by atoms with Crippen LogP contribution in [0.2, 0.25) is 0 Å². The SMILES string of the molecule is CCC(C)N(C)CCNS(=O)(=O)c1csc(CNC)c1. The monoisotopic (exact) mass is 319 g/mol. The van der Waals surface area contributed by atoms with Crippen molar-refractivity contribution >= 4 is 21.4 Å². The predicted molar refractivity (Wildman–Crippen MR) is 84.7 cm³/mol. The molecule has 1 atom stereocenters. The Bertz CT molecular complexity index is 499. The largest absolute Gasteiger partial charge is 0.315 e. The molecule has 0 aliphatic carbocycles. The summed E-state index contributed by atoms with van der Waals surface area (Å²) in [4.78, 5) is 3.53. The van der Waals surface area contributed by atoms with Gasteiger partial charge < -0.3 is 10.2 Å². The number of nitrogens with one attached hydrogen (secondary N) is 2. The Morgan fingerprint density at radius 1 is 1.45 bits per heavy atom. The Kier molecular flexibility index (Phi) is 7.11. The number of rotatable bonds is 9. The summed E-state index contributed by atoms with van der Waals surface area (Å²) in [6, 6.07) is 2.19. The Hall–Kier alpha value is -0.470. The molecule has 0 fully saturated rings. The zero-order chi connectivity index (χ0) is 15.2. The molecule has 20 heavy (non-hydrogen) atoms. The van der Waals surface area contributed by atoms with Gasteiger partial charge in [0.25, 0.3) is 0 Å². The zero-order valence-electron chi connectivity index (χ0n) is 12.6. The van der Waals surface area contributed by atoms with E-state index < -0.39 is 10.0 Å². The first-order valence-corrected chi connectivity index (χ1v) is 9.19. The van der Waals surface area contributed by atoms with Gasteiger partial charge in [0.1, 0.15) is 0 Å². The summed E-state index contributed by atoms with van der Waals surface area (Å²) in [5.41, 5.74) is 0. The lowest BCUT2D eigenvalue weighted by Gasteiger charge is -2.23. The van der Waals surface area contributed by atoms with Crippen LogP contribution >= 0.6 is 11.3 Å². The molecule has 1 heterocycles. The second-order valence-electron chi connectivity index (χ2n) is 4.91. The first-order chi connectivity index (χ1) is 9.40. The van der Waals surface area contributed by atoms with E-state index in [1.165, 1.54) is 11.3 Å². The van der Waals surface area contributed by atoms with Gasteiger partial charge in [-0.25, -0.2) is 13.1 Å². The smallest absolute Gasteiger partial charge is 0.241 e. The molecular formula is C13H25N3O2S2. The van der Waals surface area contributed by atoms with E-state index in [-0.39, 0.29) is 0 Å². The van der Waals surface area contributed by atoms with Gasteiger partial charge in [0.15, 0.2) is 0 Å². The van der Waals surface area contributed by atoms with Crippen molar-refractivity contribution in [3.8, 4) is 0 Å². The van der Waals surface area contributed by atoms with Crippen LogP contribution in [0.4, 0.5) is 0 Å². The topological polar surface area (TPSA) is 61.4 Å². The maximum atomic E-state index is 12.1. The third-order valence-electron chi connectivity index (χ3n) is 3.39. The van der Waals surface area contributed by atoms with Crippen molar-refractivity contribution in [3.63, 3.8) is 0 Å². The van der Waals surface area contributed by atoms with Gasteiger partial charge in [-0.3, -0.25) is 0 Å². The highest BCUT2D eigenvalue weighted by molar-refractivity contribution is 7.89. The van der Waals surface area contributed by atoms with Crippen LogP contribution in [0.3, 0.4) is 0 Å². The normalized spacial score (nSPS) is 13.8. The highest BCUT2D eigenvalue weighted by Gasteiger charge is 2.16. The second-order valence-corrected chi connectivity index (χ2v) is 7.68. The second kappa shape index (κ2) is 8.09. The van der Waals surface area contributed by atoms with Crippen molar-refractivity contribution < 1.29 is 8.42 Å². The quantitative estimate of drug-likeness (QED) is 0.724. The molecule has 1 aromatic rings. The maximum Gasteiger partial charge on any atom is 0.241 e. The van der Waals surface area contributed by atoms with E-state index in [1.54, 1.807) is 11.4 Å². The van der Waals surface area contributed by atoms with Crippen molar-refractivity contribution in [2.24, 2.45) is 0 Å². The molecule has 2 N–H and O–H groups in total. The van der Waals surface area contributed by atoms with Gasteiger partial charge in [-0.2, -0.15) is 0 Å². The third-order valence-corrected chi connectivity index (χ3v) is 5.92. The number of nitrogens with zero attached hydrogens (tertiary/aromatic N) is 1. The predicted octanol–water partition coefficient (Wildman–Crippen LogP) is 1.48.